The quantitative estimate of drug-likeness (QED) is 0.201. The number of carbonyl (C=O) groups is 1. The normalized spacial score (nSPS) is 12.4. The van der Waals surface area contributed by atoms with E-state index in [0.29, 0.717) is 10.6 Å². The molecule has 0 atom stereocenters. The summed E-state index contributed by atoms with van der Waals surface area (Å²) in [6.07, 6.45) is 0.0197. The third kappa shape index (κ3) is 6.18. The fourth-order valence-corrected chi connectivity index (χ4v) is 5.62. The van der Waals surface area contributed by atoms with Gasteiger partial charge in [0.25, 0.3) is 12.0 Å². The van der Waals surface area contributed by atoms with Crippen LogP contribution >= 0.6 is 11.3 Å². The minimum atomic E-state index is -2.86. The minimum absolute atomic E-state index is 0.0219. The van der Waals surface area contributed by atoms with Gasteiger partial charge >= 0.3 is 5.69 Å². The van der Waals surface area contributed by atoms with Gasteiger partial charge in [0.1, 0.15) is 32.6 Å². The first-order valence-electron chi connectivity index (χ1n) is 13.1. The van der Waals surface area contributed by atoms with Crippen LogP contribution in [0.2, 0.25) is 0 Å². The molecular weight excluding hydrogens is 591 g/mol. The maximum absolute atomic E-state index is 14.4. The maximum atomic E-state index is 14.4. The van der Waals surface area contributed by atoms with E-state index < -0.39 is 48.1 Å². The van der Waals surface area contributed by atoms with E-state index in [0.717, 1.165) is 32.6 Å². The predicted molar refractivity (Wildman–Crippen MR) is 154 cm³/mol. The van der Waals surface area contributed by atoms with Crippen LogP contribution in [0.1, 0.15) is 38.8 Å². The van der Waals surface area contributed by atoms with E-state index in [1.807, 2.05) is 0 Å². The molecular formula is C27H30F3N7O5S. The third-order valence-electron chi connectivity index (χ3n) is 6.48. The third-order valence-corrected chi connectivity index (χ3v) is 7.76. The second kappa shape index (κ2) is 12.4. The highest BCUT2D eigenvalue weighted by Crippen LogP contribution is 2.31. The summed E-state index contributed by atoms with van der Waals surface area (Å²) < 4.78 is 47.6. The molecule has 0 unspecified atom stereocenters. The molecule has 1 N–H and O–H groups in total. The van der Waals surface area contributed by atoms with Gasteiger partial charge in [-0.25, -0.2) is 22.5 Å². The van der Waals surface area contributed by atoms with Crippen molar-refractivity contribution < 1.29 is 27.5 Å². The van der Waals surface area contributed by atoms with Crippen molar-refractivity contribution in [1.82, 2.24) is 29.4 Å². The van der Waals surface area contributed by atoms with Crippen molar-refractivity contribution in [3.8, 4) is 10.8 Å². The van der Waals surface area contributed by atoms with Crippen LogP contribution in [0.4, 0.5) is 13.2 Å². The lowest BCUT2D eigenvalue weighted by Gasteiger charge is -2.27. The Morgan fingerprint density at radius 1 is 1.19 bits per heavy atom. The zero-order valence-corrected chi connectivity index (χ0v) is 25.0. The number of halogens is 3. The van der Waals surface area contributed by atoms with Crippen LogP contribution < -0.4 is 21.3 Å². The number of nitrogens with zero attached hydrogens (tertiary/aromatic N) is 6. The Bertz CT molecular complexity index is 1790. The summed E-state index contributed by atoms with van der Waals surface area (Å²) in [5.41, 5.74) is -3.01. The van der Waals surface area contributed by atoms with E-state index in [9.17, 15) is 27.6 Å². The number of amides is 1. The first-order valence-corrected chi connectivity index (χ1v) is 13.9. The van der Waals surface area contributed by atoms with Gasteiger partial charge in [0, 0.05) is 17.2 Å². The first-order chi connectivity index (χ1) is 20.3. The van der Waals surface area contributed by atoms with Gasteiger partial charge in [-0.2, -0.15) is 10.2 Å². The first kappa shape index (κ1) is 31.5. The summed E-state index contributed by atoms with van der Waals surface area (Å²) in [6, 6.07) is 3.20. The van der Waals surface area contributed by atoms with Crippen LogP contribution in [0.25, 0.3) is 15.2 Å². The monoisotopic (exact) mass is 621 g/mol. The van der Waals surface area contributed by atoms with Gasteiger partial charge in [0.05, 0.1) is 31.4 Å². The molecule has 1 amide bonds. The lowest BCUT2D eigenvalue weighted by Crippen LogP contribution is -2.56. The van der Waals surface area contributed by atoms with Gasteiger partial charge in [-0.15, -0.1) is 4.80 Å². The smallest absolute Gasteiger partial charge is 0.333 e. The van der Waals surface area contributed by atoms with Gasteiger partial charge in [0.2, 0.25) is 5.91 Å². The molecule has 0 bridgehead atoms. The lowest BCUT2D eigenvalue weighted by atomic mass is 10.0. The number of oxime groups is 1. The molecule has 0 radical (unpaired) electrons. The summed E-state index contributed by atoms with van der Waals surface area (Å²) in [5.74, 6) is -1.15. The Hall–Kier alpha value is -4.47. The Kier molecular flexibility index (Phi) is 9.08. The van der Waals surface area contributed by atoms with Crippen LogP contribution in [0, 0.1) is 12.7 Å². The zero-order valence-electron chi connectivity index (χ0n) is 24.2. The fourth-order valence-electron chi connectivity index (χ4n) is 4.41. The van der Waals surface area contributed by atoms with Gasteiger partial charge in [-0.3, -0.25) is 14.2 Å². The Morgan fingerprint density at radius 3 is 2.47 bits per heavy atom. The highest BCUT2D eigenvalue weighted by Gasteiger charge is 2.36. The second-order valence-electron chi connectivity index (χ2n) is 10.3. The number of thiophene rings is 1. The highest BCUT2D eigenvalue weighted by molar-refractivity contribution is 7.21. The molecule has 4 aromatic rings. The molecule has 0 spiro atoms. The van der Waals surface area contributed by atoms with E-state index in [1.54, 1.807) is 20.8 Å². The number of methoxy groups -OCH3 is 1. The summed E-state index contributed by atoms with van der Waals surface area (Å²) in [4.78, 5) is 47.8. The number of alkyl halides is 2. The van der Waals surface area contributed by atoms with E-state index in [4.69, 9.17) is 9.57 Å². The molecule has 1 aromatic carbocycles. The number of benzene rings is 1. The summed E-state index contributed by atoms with van der Waals surface area (Å²) in [6.45, 7) is 6.43. The van der Waals surface area contributed by atoms with Crippen molar-refractivity contribution in [2.24, 2.45) is 5.16 Å². The van der Waals surface area contributed by atoms with E-state index >= 15 is 0 Å². The number of hydrogen-bond donors (Lipinski definition) is 1. The number of nitrogens with one attached hydrogen (secondary N) is 1. The van der Waals surface area contributed by atoms with Gasteiger partial charge in [-0.05, 0) is 52.8 Å². The minimum Gasteiger partial charge on any atom is -0.496 e. The molecule has 3 heterocycles. The number of carbonyl (C=O) groups excluding carboxylic acids is 1. The highest BCUT2D eigenvalue weighted by atomic mass is 32.1. The summed E-state index contributed by atoms with van der Waals surface area (Å²) >= 11 is 1.02. The lowest BCUT2D eigenvalue weighted by molar-refractivity contribution is -0.129. The van der Waals surface area contributed by atoms with E-state index in [1.165, 1.54) is 44.2 Å². The summed E-state index contributed by atoms with van der Waals surface area (Å²) in [7, 11) is 1.32. The van der Waals surface area contributed by atoms with Crippen molar-refractivity contribution in [1.29, 1.82) is 0 Å². The zero-order chi connectivity index (χ0) is 31.6. The van der Waals surface area contributed by atoms with Crippen LogP contribution in [0.15, 0.2) is 45.3 Å². The van der Waals surface area contributed by atoms with E-state index in [-0.39, 0.29) is 33.3 Å². The molecule has 3 aromatic heterocycles. The Morgan fingerprint density at radius 2 is 1.86 bits per heavy atom. The van der Waals surface area contributed by atoms with Crippen molar-refractivity contribution >= 4 is 33.2 Å². The van der Waals surface area contributed by atoms with Crippen molar-refractivity contribution in [2.45, 2.75) is 59.2 Å². The topological polar surface area (TPSA) is 135 Å². The molecule has 16 heteroatoms. The van der Waals surface area contributed by atoms with Gasteiger partial charge in [-0.1, -0.05) is 16.5 Å². The van der Waals surface area contributed by atoms with Crippen LogP contribution in [-0.2, 0) is 21.7 Å². The Balaban J connectivity index is 2.05. The average molecular weight is 622 g/mol. The predicted octanol–water partition coefficient (Wildman–Crippen LogP) is 3.21. The van der Waals surface area contributed by atoms with Crippen LogP contribution in [0.3, 0.4) is 0 Å². The number of aryl methyl sites for hydroxylation is 1. The molecule has 43 heavy (non-hydrogen) atoms. The molecule has 0 aliphatic rings. The molecule has 12 nitrogen and oxygen atoms in total. The second-order valence-corrected chi connectivity index (χ2v) is 11.3. The molecule has 0 aliphatic carbocycles. The maximum Gasteiger partial charge on any atom is 0.333 e. The standard InChI is InChI=1S/C27H30F3N7O5S/c1-14(2)33-25(39)27(4,5)36-22(38)21-15(3)23(37-31-9-10-32-37)43-24(21)35(26(36)40)12-18(34-42-13-20(29)30)17-11-16(28)7-8-19(17)41-6/h7-11,14,20H,12-13H2,1-6H3,(H,33,39)/b34-18-. The molecule has 0 aliphatic heterocycles. The average Bonchev–Trinajstić information content (AvgIpc) is 3.57. The molecule has 0 fully saturated rings. The number of ether oxygens (including phenoxy) is 1. The van der Waals surface area contributed by atoms with Gasteiger partial charge < -0.3 is 14.9 Å². The number of rotatable bonds is 11. The Labute approximate surface area is 247 Å². The van der Waals surface area contributed by atoms with E-state index in [2.05, 4.69) is 20.7 Å². The van der Waals surface area contributed by atoms with Crippen molar-refractivity contribution in [3.05, 3.63) is 68.4 Å². The molecule has 0 saturated heterocycles. The number of hydrogen-bond acceptors (Lipinski definition) is 9. The van der Waals surface area contributed by atoms with Crippen LogP contribution in [-0.4, -0.2) is 61.9 Å². The van der Waals surface area contributed by atoms with Crippen LogP contribution in [0.5, 0.6) is 5.75 Å². The van der Waals surface area contributed by atoms with Gasteiger partial charge in [0.15, 0.2) is 6.61 Å². The van der Waals surface area contributed by atoms with Crippen molar-refractivity contribution in [3.63, 3.8) is 0 Å². The molecule has 230 valence electrons. The summed E-state index contributed by atoms with van der Waals surface area (Å²) in [5, 5.41) is 15.4. The molecule has 4 rings (SSSR count). The number of fused-ring (bicyclic) bond motifs is 1. The number of aromatic nitrogens is 5. The fraction of sp³-hybridized carbons (Fsp3) is 0.407. The largest absolute Gasteiger partial charge is 0.496 e. The van der Waals surface area contributed by atoms with Crippen molar-refractivity contribution in [2.75, 3.05) is 13.7 Å². The SMILES string of the molecule is COc1ccc(F)cc1/C(Cn1c(=O)n(C(C)(C)C(=O)NC(C)C)c(=O)c2c(C)c(-n3nccn3)sc21)=N\OCC(F)F. The molecule has 0 saturated carbocycles.